The van der Waals surface area contributed by atoms with Crippen LogP contribution in [0.1, 0.15) is 42.5 Å². The molecule has 164 valence electrons. The lowest BCUT2D eigenvalue weighted by atomic mass is 9.95. The van der Waals surface area contributed by atoms with Crippen LogP contribution in [0.25, 0.3) is 10.2 Å². The molecule has 0 unspecified atom stereocenters. The van der Waals surface area contributed by atoms with E-state index in [1.54, 1.807) is 22.8 Å². The largest absolute Gasteiger partial charge is 0.465 e. The van der Waals surface area contributed by atoms with Gasteiger partial charge in [-0.05, 0) is 31.0 Å². The van der Waals surface area contributed by atoms with E-state index in [9.17, 15) is 14.4 Å². The molecule has 0 bridgehead atoms. The third kappa shape index (κ3) is 6.21. The van der Waals surface area contributed by atoms with Crippen molar-refractivity contribution in [2.24, 2.45) is 4.99 Å². The van der Waals surface area contributed by atoms with E-state index >= 15 is 0 Å². The number of carbonyl (C=O) groups is 3. The number of ether oxygens (including phenoxy) is 1. The normalized spacial score (nSPS) is 14.9. The first-order valence-corrected chi connectivity index (χ1v) is 12.1. The number of hydrogen-bond donors (Lipinski definition) is 1. The molecule has 7 nitrogen and oxygen atoms in total. The molecule has 1 saturated carbocycles. The Kier molecular flexibility index (Phi) is 8.32. The molecule has 1 N–H and O–H groups in total. The second kappa shape index (κ2) is 11.2. The van der Waals surface area contributed by atoms with Crippen molar-refractivity contribution >= 4 is 51.1 Å². The molecule has 0 aliphatic heterocycles. The van der Waals surface area contributed by atoms with E-state index in [2.05, 4.69) is 16.2 Å². The van der Waals surface area contributed by atoms with Crippen LogP contribution in [0.3, 0.4) is 0 Å². The number of aromatic nitrogens is 1. The molecule has 31 heavy (non-hydrogen) atoms. The molecule has 0 spiro atoms. The maximum Gasteiger partial charge on any atom is 0.337 e. The van der Waals surface area contributed by atoms with Gasteiger partial charge < -0.3 is 14.6 Å². The van der Waals surface area contributed by atoms with E-state index in [1.165, 1.54) is 36.6 Å². The highest BCUT2D eigenvalue weighted by Crippen LogP contribution is 2.20. The second-order valence-electron chi connectivity index (χ2n) is 7.25. The summed E-state index contributed by atoms with van der Waals surface area (Å²) in [7, 11) is 1.33. The molecular formula is C22H25N3O4S2. The Balaban J connectivity index is 1.66. The van der Waals surface area contributed by atoms with Crippen molar-refractivity contribution in [1.29, 1.82) is 0 Å². The summed E-state index contributed by atoms with van der Waals surface area (Å²) in [5.41, 5.74) is 1.21. The molecular weight excluding hydrogens is 434 g/mol. The summed E-state index contributed by atoms with van der Waals surface area (Å²) in [4.78, 5) is 40.9. The van der Waals surface area contributed by atoms with Gasteiger partial charge in [-0.1, -0.05) is 36.5 Å². The predicted octanol–water partition coefficient (Wildman–Crippen LogP) is 2.73. The Morgan fingerprint density at radius 1 is 1.29 bits per heavy atom. The minimum atomic E-state index is -0.434. The number of nitrogens with one attached hydrogen (secondary N) is 1. The lowest BCUT2D eigenvalue weighted by Crippen LogP contribution is -2.37. The van der Waals surface area contributed by atoms with Gasteiger partial charge >= 0.3 is 5.97 Å². The topological polar surface area (TPSA) is 89.8 Å². The molecule has 2 amide bonds. The Morgan fingerprint density at radius 3 is 2.77 bits per heavy atom. The summed E-state index contributed by atoms with van der Waals surface area (Å²) < 4.78 is 7.30. The van der Waals surface area contributed by atoms with E-state index in [4.69, 9.17) is 11.2 Å². The number of methoxy groups -OCH3 is 1. The highest BCUT2D eigenvalue weighted by atomic mass is 32.2. The van der Waals surface area contributed by atoms with Gasteiger partial charge in [0, 0.05) is 6.04 Å². The molecule has 1 aromatic heterocycles. The highest BCUT2D eigenvalue weighted by Gasteiger charge is 2.16. The maximum absolute atomic E-state index is 12.4. The highest BCUT2D eigenvalue weighted by molar-refractivity contribution is 8.00. The maximum atomic E-state index is 12.4. The number of thioether (sulfide) groups is 1. The number of nitrogens with zero attached hydrogens (tertiary/aromatic N) is 2. The van der Waals surface area contributed by atoms with Crippen LogP contribution in [-0.2, 0) is 20.9 Å². The number of hydrogen-bond acceptors (Lipinski definition) is 6. The van der Waals surface area contributed by atoms with E-state index in [0.717, 1.165) is 35.9 Å². The number of terminal acetylenes is 1. The molecule has 0 radical (unpaired) electrons. The first-order valence-electron chi connectivity index (χ1n) is 10.1. The smallest absolute Gasteiger partial charge is 0.337 e. The molecule has 9 heteroatoms. The molecule has 1 aliphatic rings. The molecule has 1 aliphatic carbocycles. The number of amides is 2. The number of carbonyl (C=O) groups excluding carboxylic acids is 3. The SMILES string of the molecule is C#CCn1c(=NC(=O)CSCC(=O)NC2CCCCC2)sc2cc(C(=O)OC)ccc21. The van der Waals surface area contributed by atoms with Gasteiger partial charge in [0.15, 0.2) is 4.80 Å². The van der Waals surface area contributed by atoms with Gasteiger partial charge in [-0.3, -0.25) is 9.59 Å². The molecule has 2 aromatic rings. The average molecular weight is 460 g/mol. The van der Waals surface area contributed by atoms with Crippen LogP contribution in [0.5, 0.6) is 0 Å². The van der Waals surface area contributed by atoms with Gasteiger partial charge in [0.1, 0.15) is 0 Å². The molecule has 1 heterocycles. The fraction of sp³-hybridized carbons (Fsp3) is 0.455. The van der Waals surface area contributed by atoms with Crippen molar-refractivity contribution in [1.82, 2.24) is 9.88 Å². The molecule has 1 aromatic carbocycles. The van der Waals surface area contributed by atoms with Crippen LogP contribution < -0.4 is 10.1 Å². The summed E-state index contributed by atoms with van der Waals surface area (Å²) in [6.07, 6.45) is 11.1. The van der Waals surface area contributed by atoms with Gasteiger partial charge in [-0.2, -0.15) is 4.99 Å². The van der Waals surface area contributed by atoms with E-state index in [-0.39, 0.29) is 35.9 Å². The standard InChI is InChI=1S/C22H25N3O4S2/c1-3-11-25-17-10-9-15(21(28)29-2)12-18(17)31-22(25)24-20(27)14-30-13-19(26)23-16-7-5-4-6-8-16/h1,9-10,12,16H,4-8,11,13-14H2,2H3,(H,23,26). The zero-order chi connectivity index (χ0) is 22.2. The fourth-order valence-electron chi connectivity index (χ4n) is 3.53. The lowest BCUT2D eigenvalue weighted by molar-refractivity contribution is -0.119. The van der Waals surface area contributed by atoms with Crippen LogP contribution in [0.15, 0.2) is 23.2 Å². The monoisotopic (exact) mass is 459 g/mol. The van der Waals surface area contributed by atoms with E-state index in [1.807, 2.05) is 0 Å². The predicted molar refractivity (Wildman–Crippen MR) is 123 cm³/mol. The summed E-state index contributed by atoms with van der Waals surface area (Å²) in [6, 6.07) is 5.38. The van der Waals surface area contributed by atoms with Crippen LogP contribution in [0.4, 0.5) is 0 Å². The van der Waals surface area contributed by atoms with E-state index in [0.29, 0.717) is 10.4 Å². The summed E-state index contributed by atoms with van der Waals surface area (Å²) in [5, 5.41) is 3.04. The van der Waals surface area contributed by atoms with Crippen molar-refractivity contribution < 1.29 is 19.1 Å². The Hall–Kier alpha value is -2.57. The first kappa shape index (κ1) is 23.1. The zero-order valence-electron chi connectivity index (χ0n) is 17.4. The summed E-state index contributed by atoms with van der Waals surface area (Å²) in [5.74, 6) is 2.11. The number of benzene rings is 1. The van der Waals surface area contributed by atoms with Crippen molar-refractivity contribution in [3.8, 4) is 12.3 Å². The zero-order valence-corrected chi connectivity index (χ0v) is 19.0. The molecule has 0 saturated heterocycles. The Bertz CT molecular complexity index is 1070. The Morgan fingerprint density at radius 2 is 2.06 bits per heavy atom. The number of rotatable bonds is 7. The van der Waals surface area contributed by atoms with Crippen LogP contribution in [0, 0.1) is 12.3 Å². The third-order valence-electron chi connectivity index (χ3n) is 5.00. The number of fused-ring (bicyclic) bond motifs is 1. The van der Waals surface area contributed by atoms with Crippen molar-refractivity contribution in [3.63, 3.8) is 0 Å². The lowest BCUT2D eigenvalue weighted by Gasteiger charge is -2.22. The van der Waals surface area contributed by atoms with Crippen LogP contribution >= 0.6 is 23.1 Å². The summed E-state index contributed by atoms with van der Waals surface area (Å²) in [6.45, 7) is 0.251. The fourth-order valence-corrected chi connectivity index (χ4v) is 5.23. The number of esters is 1. The third-order valence-corrected chi connectivity index (χ3v) is 6.96. The summed E-state index contributed by atoms with van der Waals surface area (Å²) >= 11 is 2.53. The quantitative estimate of drug-likeness (QED) is 0.508. The van der Waals surface area contributed by atoms with Gasteiger partial charge in [0.05, 0.1) is 40.9 Å². The van der Waals surface area contributed by atoms with E-state index < -0.39 is 5.97 Å². The van der Waals surface area contributed by atoms with Gasteiger partial charge in [-0.15, -0.1) is 18.2 Å². The van der Waals surface area contributed by atoms with Crippen LogP contribution in [-0.4, -0.2) is 47.0 Å². The van der Waals surface area contributed by atoms with Gasteiger partial charge in [0.25, 0.3) is 5.91 Å². The second-order valence-corrected chi connectivity index (χ2v) is 9.24. The first-order chi connectivity index (χ1) is 15.0. The molecule has 3 rings (SSSR count). The minimum absolute atomic E-state index is 0.0377. The average Bonchev–Trinajstić information content (AvgIpc) is 3.10. The molecule has 0 atom stereocenters. The Labute approximate surface area is 189 Å². The minimum Gasteiger partial charge on any atom is -0.465 e. The van der Waals surface area contributed by atoms with Crippen molar-refractivity contribution in [2.75, 3.05) is 18.6 Å². The van der Waals surface area contributed by atoms with Gasteiger partial charge in [-0.25, -0.2) is 4.79 Å². The molecule has 1 fully saturated rings. The van der Waals surface area contributed by atoms with Gasteiger partial charge in [0.2, 0.25) is 5.91 Å². The van der Waals surface area contributed by atoms with Crippen LogP contribution in [0.2, 0.25) is 0 Å². The van der Waals surface area contributed by atoms with Crippen molar-refractivity contribution in [3.05, 3.63) is 28.6 Å². The van der Waals surface area contributed by atoms with Crippen molar-refractivity contribution in [2.45, 2.75) is 44.7 Å². The number of thiazole rings is 1.